The second-order valence-electron chi connectivity index (χ2n) is 6.40. The van der Waals surface area contributed by atoms with E-state index in [4.69, 9.17) is 33.0 Å². The number of amides is 1. The Hall–Kier alpha value is -2.87. The molecule has 0 radical (unpaired) electrons. The minimum Gasteiger partial charge on any atom is -0.477 e. The number of pyridine rings is 1. The third-order valence-electron chi connectivity index (χ3n) is 4.47. The van der Waals surface area contributed by atoms with Crippen molar-refractivity contribution in [3.05, 3.63) is 79.6 Å². The lowest BCUT2D eigenvalue weighted by molar-refractivity contribution is -0.133. The van der Waals surface area contributed by atoms with Gasteiger partial charge < -0.3 is 20.1 Å². The number of carbonyl (C=O) groups excluding carboxylic acids is 1. The maximum absolute atomic E-state index is 12.8. The molecule has 9 heteroatoms. The van der Waals surface area contributed by atoms with Crippen molar-refractivity contribution >= 4 is 46.0 Å². The molecule has 1 heterocycles. The highest BCUT2D eigenvalue weighted by atomic mass is 35.5. The van der Waals surface area contributed by atoms with Crippen LogP contribution in [-0.2, 0) is 16.1 Å². The molecule has 3 aromatic rings. The Kier molecular flexibility index (Phi) is 6.77. The Morgan fingerprint density at radius 3 is 2.53 bits per heavy atom. The zero-order chi connectivity index (χ0) is 21.8. The van der Waals surface area contributed by atoms with Crippen molar-refractivity contribution in [1.29, 1.82) is 0 Å². The number of benzene rings is 2. The van der Waals surface area contributed by atoms with Crippen molar-refractivity contribution in [3.63, 3.8) is 0 Å². The van der Waals surface area contributed by atoms with Crippen molar-refractivity contribution in [2.75, 3.05) is 6.61 Å². The summed E-state index contributed by atoms with van der Waals surface area (Å²) in [4.78, 5) is 38.7. The predicted octanol–water partition coefficient (Wildman–Crippen LogP) is 3.93. The molecule has 2 aromatic carbocycles. The fraction of sp³-hybridized carbons (Fsp3) is 0.190. The predicted molar refractivity (Wildman–Crippen MR) is 114 cm³/mol. The SMILES string of the molecule is CCOC(C(=O)NCc1c(Cl)c(Cl)cc2cc(C(=O)O)c(=O)[nH]c12)c1ccccc1. The van der Waals surface area contributed by atoms with Crippen LogP contribution in [-0.4, -0.2) is 28.6 Å². The minimum absolute atomic E-state index is 0.0481. The van der Waals surface area contributed by atoms with Gasteiger partial charge in [-0.25, -0.2) is 4.79 Å². The van der Waals surface area contributed by atoms with Crippen LogP contribution >= 0.6 is 23.2 Å². The Morgan fingerprint density at radius 1 is 1.20 bits per heavy atom. The number of nitrogens with one attached hydrogen (secondary N) is 2. The third kappa shape index (κ3) is 4.48. The lowest BCUT2D eigenvalue weighted by atomic mass is 10.1. The summed E-state index contributed by atoms with van der Waals surface area (Å²) >= 11 is 12.5. The van der Waals surface area contributed by atoms with Gasteiger partial charge in [0.1, 0.15) is 5.56 Å². The number of aromatic carboxylic acids is 1. The third-order valence-corrected chi connectivity index (χ3v) is 5.30. The monoisotopic (exact) mass is 448 g/mol. The molecule has 0 aliphatic heterocycles. The molecular weight excluding hydrogens is 431 g/mol. The molecule has 0 aliphatic carbocycles. The molecule has 0 saturated carbocycles. The fourth-order valence-electron chi connectivity index (χ4n) is 3.07. The number of fused-ring (bicyclic) bond motifs is 1. The van der Waals surface area contributed by atoms with Crippen LogP contribution in [0.15, 0.2) is 47.3 Å². The zero-order valence-electron chi connectivity index (χ0n) is 15.9. The van der Waals surface area contributed by atoms with E-state index < -0.39 is 29.1 Å². The van der Waals surface area contributed by atoms with Crippen molar-refractivity contribution in [1.82, 2.24) is 10.3 Å². The molecule has 0 bridgehead atoms. The average Bonchev–Trinajstić information content (AvgIpc) is 2.72. The van der Waals surface area contributed by atoms with Crippen molar-refractivity contribution in [3.8, 4) is 0 Å². The van der Waals surface area contributed by atoms with Gasteiger partial charge in [-0.3, -0.25) is 9.59 Å². The molecule has 3 rings (SSSR count). The van der Waals surface area contributed by atoms with Gasteiger partial charge in [0.05, 0.1) is 15.6 Å². The molecule has 0 aliphatic rings. The van der Waals surface area contributed by atoms with Gasteiger partial charge in [-0.2, -0.15) is 0 Å². The lowest BCUT2D eigenvalue weighted by Gasteiger charge is -2.18. The zero-order valence-corrected chi connectivity index (χ0v) is 17.4. The van der Waals surface area contributed by atoms with Crippen LogP contribution in [0.3, 0.4) is 0 Å². The van der Waals surface area contributed by atoms with E-state index in [0.29, 0.717) is 28.6 Å². The summed E-state index contributed by atoms with van der Waals surface area (Å²) in [6, 6.07) is 11.7. The summed E-state index contributed by atoms with van der Waals surface area (Å²) in [6.45, 7) is 2.07. The summed E-state index contributed by atoms with van der Waals surface area (Å²) in [7, 11) is 0. The quantitative estimate of drug-likeness (QED) is 0.507. The maximum Gasteiger partial charge on any atom is 0.341 e. The summed E-state index contributed by atoms with van der Waals surface area (Å²) in [5, 5.41) is 12.6. The first-order valence-corrected chi connectivity index (χ1v) is 9.80. The molecule has 1 aromatic heterocycles. The van der Waals surface area contributed by atoms with Gasteiger partial charge in [0.15, 0.2) is 6.10 Å². The maximum atomic E-state index is 12.8. The van der Waals surface area contributed by atoms with E-state index in [0.717, 1.165) is 0 Å². The Balaban J connectivity index is 1.95. The van der Waals surface area contributed by atoms with Crippen molar-refractivity contribution < 1.29 is 19.4 Å². The highest BCUT2D eigenvalue weighted by molar-refractivity contribution is 6.43. The number of carboxylic acids is 1. The first kappa shape index (κ1) is 21.8. The normalized spacial score (nSPS) is 12.0. The van der Waals surface area contributed by atoms with E-state index in [1.807, 2.05) is 6.07 Å². The van der Waals surface area contributed by atoms with Crippen LogP contribution in [0, 0.1) is 0 Å². The van der Waals surface area contributed by atoms with E-state index in [-0.39, 0.29) is 16.6 Å². The molecule has 0 fully saturated rings. The number of halogens is 2. The van der Waals surface area contributed by atoms with Gasteiger partial charge in [-0.1, -0.05) is 53.5 Å². The Morgan fingerprint density at radius 2 is 1.90 bits per heavy atom. The van der Waals surface area contributed by atoms with Gasteiger partial charge in [0.25, 0.3) is 11.5 Å². The molecule has 0 spiro atoms. The van der Waals surface area contributed by atoms with E-state index >= 15 is 0 Å². The molecule has 1 unspecified atom stereocenters. The molecule has 1 amide bonds. The molecule has 156 valence electrons. The molecule has 30 heavy (non-hydrogen) atoms. The number of hydrogen-bond acceptors (Lipinski definition) is 4. The highest BCUT2D eigenvalue weighted by Gasteiger charge is 2.22. The van der Waals surface area contributed by atoms with E-state index in [1.165, 1.54) is 12.1 Å². The number of aromatic nitrogens is 1. The molecule has 1 atom stereocenters. The standard InChI is InChI=1S/C21H18Cl2N2O5/c1-2-30-18(11-6-4-3-5-7-11)20(27)24-10-14-16(23)15(22)9-12-8-13(21(28)29)19(26)25-17(12)14/h3-9,18H,2,10H2,1H3,(H,24,27)(H,25,26)(H,28,29). The van der Waals surface area contributed by atoms with Crippen molar-refractivity contribution in [2.24, 2.45) is 0 Å². The number of aromatic amines is 1. The van der Waals surface area contributed by atoms with Crippen LogP contribution in [0.2, 0.25) is 10.0 Å². The smallest absolute Gasteiger partial charge is 0.341 e. The summed E-state index contributed by atoms with van der Waals surface area (Å²) in [5.41, 5.74) is 0.157. The Bertz CT molecular complexity index is 1160. The average molecular weight is 449 g/mol. The number of hydrogen-bond donors (Lipinski definition) is 3. The van der Waals surface area contributed by atoms with Crippen LogP contribution in [0.4, 0.5) is 0 Å². The van der Waals surface area contributed by atoms with Gasteiger partial charge in [-0.15, -0.1) is 0 Å². The second-order valence-corrected chi connectivity index (χ2v) is 7.18. The minimum atomic E-state index is -1.36. The number of rotatable bonds is 7. The van der Waals surface area contributed by atoms with Gasteiger partial charge >= 0.3 is 5.97 Å². The number of ether oxygens (including phenoxy) is 1. The van der Waals surface area contributed by atoms with Crippen LogP contribution in [0.5, 0.6) is 0 Å². The first-order valence-electron chi connectivity index (χ1n) is 9.05. The number of carbonyl (C=O) groups is 2. The van der Waals surface area contributed by atoms with E-state index in [2.05, 4.69) is 10.3 Å². The van der Waals surface area contributed by atoms with Gasteiger partial charge in [0.2, 0.25) is 0 Å². The largest absolute Gasteiger partial charge is 0.477 e. The number of carboxylic acid groups (broad SMARTS) is 1. The first-order chi connectivity index (χ1) is 14.3. The highest BCUT2D eigenvalue weighted by Crippen LogP contribution is 2.32. The van der Waals surface area contributed by atoms with Crippen LogP contribution in [0.1, 0.15) is 34.5 Å². The topological polar surface area (TPSA) is 108 Å². The summed E-state index contributed by atoms with van der Waals surface area (Å²) in [6.07, 6.45) is -0.821. The molecule has 0 saturated heterocycles. The van der Waals surface area contributed by atoms with E-state index in [1.54, 1.807) is 31.2 Å². The second kappa shape index (κ2) is 9.30. The fourth-order valence-corrected chi connectivity index (χ4v) is 3.52. The van der Waals surface area contributed by atoms with Crippen LogP contribution < -0.4 is 10.9 Å². The number of H-pyrrole nitrogens is 1. The molecule has 7 nitrogen and oxygen atoms in total. The lowest BCUT2D eigenvalue weighted by Crippen LogP contribution is -2.31. The summed E-state index contributed by atoms with van der Waals surface area (Å²) < 4.78 is 5.59. The summed E-state index contributed by atoms with van der Waals surface area (Å²) in [5.74, 6) is -1.75. The van der Waals surface area contributed by atoms with Gasteiger partial charge in [-0.05, 0) is 24.6 Å². The van der Waals surface area contributed by atoms with Crippen LogP contribution in [0.25, 0.3) is 10.9 Å². The van der Waals surface area contributed by atoms with Gasteiger partial charge in [0, 0.05) is 24.1 Å². The molecular formula is C21H18Cl2N2O5. The molecule has 3 N–H and O–H groups in total. The van der Waals surface area contributed by atoms with Crippen molar-refractivity contribution in [2.45, 2.75) is 19.6 Å². The van der Waals surface area contributed by atoms with E-state index in [9.17, 15) is 14.4 Å². The Labute approximate surface area is 181 Å².